The molecular formula is C21H20O2. The van der Waals surface area contributed by atoms with Crippen molar-refractivity contribution in [3.8, 4) is 0 Å². The van der Waals surface area contributed by atoms with Gasteiger partial charge in [0.25, 0.3) is 0 Å². The maximum Gasteiger partial charge on any atom is 0.333 e. The van der Waals surface area contributed by atoms with Gasteiger partial charge in [0.2, 0.25) is 0 Å². The van der Waals surface area contributed by atoms with Crippen LogP contribution >= 0.6 is 0 Å². The van der Waals surface area contributed by atoms with E-state index in [1.165, 1.54) is 27.1 Å². The summed E-state index contributed by atoms with van der Waals surface area (Å²) < 4.78 is 5.48. The zero-order valence-corrected chi connectivity index (χ0v) is 13.5. The van der Waals surface area contributed by atoms with Gasteiger partial charge in [-0.1, -0.05) is 55.1 Å². The molecule has 0 fully saturated rings. The van der Waals surface area contributed by atoms with Crippen LogP contribution in [-0.4, -0.2) is 12.1 Å². The molecule has 2 heteroatoms. The highest BCUT2D eigenvalue weighted by Crippen LogP contribution is 2.29. The van der Waals surface area contributed by atoms with Gasteiger partial charge >= 0.3 is 5.97 Å². The fourth-order valence-electron chi connectivity index (χ4n) is 2.94. The zero-order valence-electron chi connectivity index (χ0n) is 13.5. The predicted octanol–water partition coefficient (Wildman–Crippen LogP) is 5.04. The smallest absolute Gasteiger partial charge is 0.333 e. The Morgan fingerprint density at radius 2 is 1.57 bits per heavy atom. The lowest BCUT2D eigenvalue weighted by atomic mass is 9.93. The van der Waals surface area contributed by atoms with Gasteiger partial charge in [0.15, 0.2) is 0 Å². The molecule has 1 unspecified atom stereocenters. The first kappa shape index (κ1) is 15.3. The van der Waals surface area contributed by atoms with Gasteiger partial charge in [0.1, 0.15) is 6.10 Å². The van der Waals surface area contributed by atoms with Gasteiger partial charge in [-0.3, -0.25) is 0 Å². The number of esters is 1. The van der Waals surface area contributed by atoms with Crippen LogP contribution in [0.2, 0.25) is 0 Å². The molecule has 3 aromatic rings. The van der Waals surface area contributed by atoms with Crippen LogP contribution < -0.4 is 0 Å². The van der Waals surface area contributed by atoms with Crippen molar-refractivity contribution >= 4 is 27.5 Å². The summed E-state index contributed by atoms with van der Waals surface area (Å²) in [6, 6.07) is 18.9. The van der Waals surface area contributed by atoms with Crippen LogP contribution in [0.15, 0.2) is 66.7 Å². The van der Waals surface area contributed by atoms with E-state index in [9.17, 15) is 4.79 Å². The Morgan fingerprint density at radius 3 is 2.09 bits per heavy atom. The fraction of sp³-hybridized carbons (Fsp3) is 0.190. The molecule has 0 aromatic heterocycles. The van der Waals surface area contributed by atoms with Crippen LogP contribution in [0.3, 0.4) is 0 Å². The summed E-state index contributed by atoms with van der Waals surface area (Å²) >= 11 is 0. The van der Waals surface area contributed by atoms with Crippen molar-refractivity contribution in [2.24, 2.45) is 0 Å². The van der Waals surface area contributed by atoms with Crippen LogP contribution in [0, 0.1) is 0 Å². The number of carbonyl (C=O) groups is 1. The van der Waals surface area contributed by atoms with Crippen molar-refractivity contribution in [1.82, 2.24) is 0 Å². The molecular weight excluding hydrogens is 284 g/mol. The van der Waals surface area contributed by atoms with Gasteiger partial charge in [-0.2, -0.15) is 0 Å². The molecule has 0 saturated carbocycles. The Hall–Kier alpha value is -2.61. The van der Waals surface area contributed by atoms with Crippen molar-refractivity contribution in [2.75, 3.05) is 0 Å². The first-order chi connectivity index (χ1) is 11.1. The highest BCUT2D eigenvalue weighted by Gasteiger charge is 2.14. The highest BCUT2D eigenvalue weighted by molar-refractivity contribution is 6.02. The molecule has 0 amide bonds. The van der Waals surface area contributed by atoms with Crippen molar-refractivity contribution in [3.63, 3.8) is 0 Å². The lowest BCUT2D eigenvalue weighted by Gasteiger charge is -2.17. The second-order valence-corrected chi connectivity index (χ2v) is 6.00. The van der Waals surface area contributed by atoms with Gasteiger partial charge < -0.3 is 4.74 Å². The summed E-state index contributed by atoms with van der Waals surface area (Å²) in [6.45, 7) is 7.24. The molecule has 23 heavy (non-hydrogen) atoms. The summed E-state index contributed by atoms with van der Waals surface area (Å²) in [7, 11) is 0. The monoisotopic (exact) mass is 304 g/mol. The van der Waals surface area contributed by atoms with E-state index in [2.05, 4.69) is 36.9 Å². The zero-order chi connectivity index (χ0) is 16.4. The summed E-state index contributed by atoms with van der Waals surface area (Å²) in [6.07, 6.45) is 0.481. The van der Waals surface area contributed by atoms with E-state index in [-0.39, 0.29) is 12.1 Å². The van der Waals surface area contributed by atoms with E-state index in [1.807, 2.05) is 31.2 Å². The number of hydrogen-bond donors (Lipinski definition) is 0. The molecule has 3 rings (SSSR count). The van der Waals surface area contributed by atoms with Crippen LogP contribution in [-0.2, 0) is 16.0 Å². The Morgan fingerprint density at radius 1 is 1.04 bits per heavy atom. The van der Waals surface area contributed by atoms with Crippen LogP contribution in [0.1, 0.15) is 19.4 Å². The second-order valence-electron chi connectivity index (χ2n) is 6.00. The van der Waals surface area contributed by atoms with Crippen LogP contribution in [0.5, 0.6) is 0 Å². The largest absolute Gasteiger partial charge is 0.459 e. The Kier molecular flexibility index (Phi) is 4.16. The van der Waals surface area contributed by atoms with Crippen molar-refractivity contribution in [1.29, 1.82) is 0 Å². The summed E-state index contributed by atoms with van der Waals surface area (Å²) in [4.78, 5) is 11.7. The topological polar surface area (TPSA) is 26.3 Å². The summed E-state index contributed by atoms with van der Waals surface area (Å²) in [5.41, 5.74) is 1.65. The third-order valence-electron chi connectivity index (χ3n) is 4.03. The van der Waals surface area contributed by atoms with Gasteiger partial charge in [-0.05, 0) is 47.0 Å². The van der Waals surface area contributed by atoms with E-state index in [1.54, 1.807) is 6.92 Å². The predicted molar refractivity (Wildman–Crippen MR) is 95.5 cm³/mol. The molecule has 0 aliphatic heterocycles. The van der Waals surface area contributed by atoms with Crippen molar-refractivity contribution in [2.45, 2.75) is 26.4 Å². The number of fused-ring (bicyclic) bond motifs is 2. The van der Waals surface area contributed by atoms with Crippen molar-refractivity contribution < 1.29 is 9.53 Å². The SMILES string of the molecule is C=C(C)C(=O)OC(C)Cc1c2ccccc2cc2ccccc12. The lowest BCUT2D eigenvalue weighted by molar-refractivity contribution is -0.143. The average Bonchev–Trinajstić information content (AvgIpc) is 2.54. The van der Waals surface area contributed by atoms with Crippen molar-refractivity contribution in [3.05, 3.63) is 72.3 Å². The minimum absolute atomic E-state index is 0.201. The molecule has 0 bridgehead atoms. The third kappa shape index (κ3) is 3.11. The molecule has 0 radical (unpaired) electrons. The molecule has 0 heterocycles. The lowest BCUT2D eigenvalue weighted by Crippen LogP contribution is -2.18. The molecule has 0 aliphatic carbocycles. The number of benzene rings is 3. The Bertz CT molecular complexity index is 839. The first-order valence-electron chi connectivity index (χ1n) is 7.82. The highest BCUT2D eigenvalue weighted by atomic mass is 16.5. The van der Waals surface area contributed by atoms with Gasteiger partial charge in [0, 0.05) is 12.0 Å². The average molecular weight is 304 g/mol. The summed E-state index contributed by atoms with van der Waals surface area (Å²) in [5.74, 6) is -0.331. The third-order valence-corrected chi connectivity index (χ3v) is 4.03. The minimum Gasteiger partial charge on any atom is -0.459 e. The maximum atomic E-state index is 11.7. The molecule has 2 nitrogen and oxygen atoms in total. The number of rotatable bonds is 4. The van der Waals surface area contributed by atoms with E-state index in [0.717, 1.165) is 0 Å². The fourth-order valence-corrected chi connectivity index (χ4v) is 2.94. The normalized spacial score (nSPS) is 12.3. The van der Waals surface area contributed by atoms with E-state index < -0.39 is 0 Å². The molecule has 1 atom stereocenters. The van der Waals surface area contributed by atoms with Gasteiger partial charge in [0.05, 0.1) is 0 Å². The second kappa shape index (κ2) is 6.25. The van der Waals surface area contributed by atoms with Gasteiger partial charge in [-0.25, -0.2) is 4.79 Å². The van der Waals surface area contributed by atoms with E-state index >= 15 is 0 Å². The molecule has 0 aliphatic rings. The van der Waals surface area contributed by atoms with E-state index in [4.69, 9.17) is 4.74 Å². The quantitative estimate of drug-likeness (QED) is 0.383. The number of ether oxygens (including phenoxy) is 1. The van der Waals surface area contributed by atoms with Crippen LogP contribution in [0.25, 0.3) is 21.5 Å². The van der Waals surface area contributed by atoms with Gasteiger partial charge in [-0.15, -0.1) is 0 Å². The minimum atomic E-state index is -0.331. The molecule has 116 valence electrons. The maximum absolute atomic E-state index is 11.7. The molecule has 3 aromatic carbocycles. The number of carbonyl (C=O) groups excluding carboxylic acids is 1. The molecule has 0 N–H and O–H groups in total. The standard InChI is InChI=1S/C21H20O2/c1-14(2)21(22)23-15(3)12-20-18-10-6-4-8-16(18)13-17-9-5-7-11-19(17)20/h4-11,13,15H,1,12H2,2-3H3. The number of hydrogen-bond acceptors (Lipinski definition) is 2. The van der Waals surface area contributed by atoms with E-state index in [0.29, 0.717) is 12.0 Å². The van der Waals surface area contributed by atoms with Crippen LogP contribution in [0.4, 0.5) is 0 Å². The molecule has 0 spiro atoms. The summed E-state index contributed by atoms with van der Waals surface area (Å²) in [5, 5.41) is 4.84. The Labute approximate surface area is 136 Å². The molecule has 0 saturated heterocycles. The first-order valence-corrected chi connectivity index (χ1v) is 7.82. The Balaban J connectivity index is 2.06.